The van der Waals surface area contributed by atoms with Gasteiger partial charge in [0.05, 0.1) is 0 Å². The largest absolute Gasteiger partial charge is 0.161 e. The first-order chi connectivity index (χ1) is 7.61. The van der Waals surface area contributed by atoms with Gasteiger partial charge in [-0.3, -0.25) is 0 Å². The molecule has 0 radical (unpaired) electrons. The van der Waals surface area contributed by atoms with Crippen molar-refractivity contribution in [3.8, 4) is 0 Å². The lowest BCUT2D eigenvalue weighted by atomic mass is 9.96. The molecule has 1 unspecified atom stereocenters. The lowest BCUT2D eigenvalue weighted by Crippen LogP contribution is -2.09. The van der Waals surface area contributed by atoms with Gasteiger partial charge >= 0.3 is 0 Å². The topological polar surface area (TPSA) is 0 Å². The zero-order valence-corrected chi connectivity index (χ0v) is 13.1. The lowest BCUT2D eigenvalue weighted by molar-refractivity contribution is 0.643. The molecule has 0 spiro atoms. The molecule has 0 saturated carbocycles. The van der Waals surface area contributed by atoms with Crippen LogP contribution in [-0.4, -0.2) is 11.5 Å². The number of hydrogen-bond acceptors (Lipinski definition) is 5. The van der Waals surface area contributed by atoms with Crippen molar-refractivity contribution in [2.45, 2.75) is 38.3 Å². The summed E-state index contributed by atoms with van der Waals surface area (Å²) in [7, 11) is 0. The monoisotopic (exact) mass is 306 g/mol. The molecule has 0 nitrogen and oxygen atoms in total. The van der Waals surface area contributed by atoms with E-state index in [0.717, 1.165) is 19.6 Å². The molecule has 5 heteroatoms. The third-order valence-electron chi connectivity index (χ3n) is 2.86. The first kappa shape index (κ1) is 13.4. The van der Waals surface area contributed by atoms with Crippen molar-refractivity contribution in [1.29, 1.82) is 0 Å². The second kappa shape index (κ2) is 5.74. The Balaban J connectivity index is 2.40. The van der Waals surface area contributed by atoms with E-state index in [1.165, 1.54) is 29.9 Å². The predicted molar refractivity (Wildman–Crippen MR) is 84.8 cm³/mol. The Labute approximate surface area is 123 Å². The van der Waals surface area contributed by atoms with Crippen LogP contribution in [0.4, 0.5) is 0 Å². The van der Waals surface area contributed by atoms with Gasteiger partial charge in [0.25, 0.3) is 0 Å². The summed E-state index contributed by atoms with van der Waals surface area (Å²) in [5.74, 6) is 3.06. The molecular formula is C11H14S5. The van der Waals surface area contributed by atoms with E-state index >= 15 is 0 Å². The minimum atomic E-state index is 0.594. The summed E-state index contributed by atoms with van der Waals surface area (Å²) in [6.07, 6.45) is 2.53. The molecule has 1 fully saturated rings. The highest BCUT2D eigenvalue weighted by Crippen LogP contribution is 2.40. The summed E-state index contributed by atoms with van der Waals surface area (Å²) in [5.41, 5.74) is 1.28. The van der Waals surface area contributed by atoms with Crippen LogP contribution in [0.3, 0.4) is 0 Å². The quantitative estimate of drug-likeness (QED) is 0.556. The standard InChI is InChI=1S/C11H14S5/c12-8-4-7(6-2-1-3-16-5-6)9(13)11(15)10(8)14/h4,6,12-15H,1-3,5H2. The number of thioether (sulfide) groups is 1. The molecule has 88 valence electrons. The SMILES string of the molecule is Sc1cc(C2CCCSC2)c(S)c(S)c1S. The first-order valence-electron chi connectivity index (χ1n) is 5.15. The molecular weight excluding hydrogens is 292 g/mol. The van der Waals surface area contributed by atoms with Gasteiger partial charge in [0, 0.05) is 25.3 Å². The third-order valence-corrected chi connectivity index (χ3v) is 6.35. The van der Waals surface area contributed by atoms with Gasteiger partial charge in [-0.2, -0.15) is 11.8 Å². The van der Waals surface area contributed by atoms with Crippen molar-refractivity contribution < 1.29 is 0 Å². The van der Waals surface area contributed by atoms with Crippen molar-refractivity contribution in [1.82, 2.24) is 0 Å². The second-order valence-electron chi connectivity index (χ2n) is 3.94. The Kier molecular flexibility index (Phi) is 4.81. The zero-order chi connectivity index (χ0) is 11.7. The Bertz CT molecular complexity index is 396. The molecule has 1 heterocycles. The van der Waals surface area contributed by atoms with E-state index in [9.17, 15) is 0 Å². The first-order valence-corrected chi connectivity index (χ1v) is 8.10. The summed E-state index contributed by atoms with van der Waals surface area (Å²) in [6.45, 7) is 0. The number of hydrogen-bond donors (Lipinski definition) is 4. The molecule has 1 aliphatic heterocycles. The van der Waals surface area contributed by atoms with Gasteiger partial charge < -0.3 is 0 Å². The molecule has 2 rings (SSSR count). The predicted octanol–water partition coefficient (Wildman–Crippen LogP) is 4.45. The molecule has 0 amide bonds. The Morgan fingerprint density at radius 2 is 1.81 bits per heavy atom. The molecule has 1 aromatic rings. The van der Waals surface area contributed by atoms with E-state index < -0.39 is 0 Å². The smallest absolute Gasteiger partial charge is 0.0322 e. The summed E-state index contributed by atoms with van der Waals surface area (Å²) in [4.78, 5) is 3.55. The molecule has 0 aromatic heterocycles. The van der Waals surface area contributed by atoms with Crippen LogP contribution in [0.5, 0.6) is 0 Å². The second-order valence-corrected chi connectivity index (χ2v) is 6.92. The summed E-state index contributed by atoms with van der Waals surface area (Å²) in [5, 5.41) is 0. The third kappa shape index (κ3) is 2.69. The van der Waals surface area contributed by atoms with Crippen LogP contribution in [-0.2, 0) is 0 Å². The highest BCUT2D eigenvalue weighted by Gasteiger charge is 2.20. The van der Waals surface area contributed by atoms with Crippen LogP contribution >= 0.6 is 62.3 Å². The van der Waals surface area contributed by atoms with Crippen LogP contribution in [0.1, 0.15) is 24.3 Å². The number of benzene rings is 1. The van der Waals surface area contributed by atoms with Crippen LogP contribution in [0.25, 0.3) is 0 Å². The average Bonchev–Trinajstić information content (AvgIpc) is 2.32. The van der Waals surface area contributed by atoms with Gasteiger partial charge in [-0.25, -0.2) is 0 Å². The van der Waals surface area contributed by atoms with E-state index in [2.05, 4.69) is 56.6 Å². The maximum absolute atomic E-state index is 4.57. The molecule has 16 heavy (non-hydrogen) atoms. The molecule has 1 aromatic carbocycles. The maximum Gasteiger partial charge on any atom is 0.0322 e. The maximum atomic E-state index is 4.57. The van der Waals surface area contributed by atoms with E-state index in [-0.39, 0.29) is 0 Å². The fourth-order valence-corrected chi connectivity index (χ4v) is 4.33. The fourth-order valence-electron chi connectivity index (χ4n) is 1.95. The zero-order valence-electron chi connectivity index (χ0n) is 8.68. The molecule has 1 aliphatic rings. The summed E-state index contributed by atoms with van der Waals surface area (Å²) < 4.78 is 0. The lowest BCUT2D eigenvalue weighted by Gasteiger charge is -2.24. The van der Waals surface area contributed by atoms with Crippen LogP contribution in [0.15, 0.2) is 25.6 Å². The van der Waals surface area contributed by atoms with Crippen molar-refractivity contribution in [3.63, 3.8) is 0 Å². The fraction of sp³-hybridized carbons (Fsp3) is 0.455. The van der Waals surface area contributed by atoms with Crippen molar-refractivity contribution >= 4 is 62.3 Å². The molecule has 0 N–H and O–H groups in total. The van der Waals surface area contributed by atoms with Gasteiger partial charge in [-0.1, -0.05) is 0 Å². The van der Waals surface area contributed by atoms with Crippen LogP contribution in [0, 0.1) is 0 Å². The van der Waals surface area contributed by atoms with E-state index in [0.29, 0.717) is 5.92 Å². The minimum Gasteiger partial charge on any atom is -0.161 e. The van der Waals surface area contributed by atoms with Crippen LogP contribution in [0.2, 0.25) is 0 Å². The average molecular weight is 307 g/mol. The van der Waals surface area contributed by atoms with Gasteiger partial charge in [0.15, 0.2) is 0 Å². The Hall–Kier alpha value is 0.970. The Morgan fingerprint density at radius 1 is 1.06 bits per heavy atom. The molecule has 1 atom stereocenters. The highest BCUT2D eigenvalue weighted by atomic mass is 32.2. The van der Waals surface area contributed by atoms with Gasteiger partial charge in [-0.15, -0.1) is 50.5 Å². The highest BCUT2D eigenvalue weighted by molar-refractivity contribution is 7.99. The Morgan fingerprint density at radius 3 is 2.44 bits per heavy atom. The van der Waals surface area contributed by atoms with Crippen molar-refractivity contribution in [2.24, 2.45) is 0 Å². The van der Waals surface area contributed by atoms with Crippen molar-refractivity contribution in [2.75, 3.05) is 11.5 Å². The van der Waals surface area contributed by atoms with E-state index in [1.54, 1.807) is 0 Å². The van der Waals surface area contributed by atoms with Crippen LogP contribution < -0.4 is 0 Å². The minimum absolute atomic E-state index is 0.594. The van der Waals surface area contributed by atoms with E-state index in [1.807, 2.05) is 11.8 Å². The van der Waals surface area contributed by atoms with E-state index in [4.69, 9.17) is 0 Å². The van der Waals surface area contributed by atoms with Crippen molar-refractivity contribution in [3.05, 3.63) is 11.6 Å². The van der Waals surface area contributed by atoms with Gasteiger partial charge in [-0.05, 0) is 36.1 Å². The molecule has 0 bridgehead atoms. The number of rotatable bonds is 1. The summed E-state index contributed by atoms with van der Waals surface area (Å²) in [6, 6.07) is 2.10. The number of thiol groups is 4. The molecule has 1 saturated heterocycles. The summed E-state index contributed by atoms with van der Waals surface area (Å²) >= 11 is 19.9. The van der Waals surface area contributed by atoms with Gasteiger partial charge in [0.2, 0.25) is 0 Å². The molecule has 0 aliphatic carbocycles. The van der Waals surface area contributed by atoms with Gasteiger partial charge in [0.1, 0.15) is 0 Å². The normalized spacial score (nSPS) is 21.1.